The third kappa shape index (κ3) is 2.12. The van der Waals surface area contributed by atoms with Crippen molar-refractivity contribution in [3.05, 3.63) is 29.8 Å². The lowest BCUT2D eigenvalue weighted by Gasteiger charge is -2.05. The molecule has 1 unspecified atom stereocenters. The van der Waals surface area contributed by atoms with Gasteiger partial charge in [-0.05, 0) is 38.1 Å². The van der Waals surface area contributed by atoms with Crippen molar-refractivity contribution in [1.29, 1.82) is 0 Å². The Balaban J connectivity index is 2.07. The average molecular weight is 205 g/mol. The number of hydrogen-bond acceptors (Lipinski definition) is 3. The monoisotopic (exact) mass is 205 g/mol. The number of anilines is 1. The molecule has 80 valence electrons. The number of carbonyl (C=O) groups excluding carboxylic acids is 1. The van der Waals surface area contributed by atoms with E-state index in [1.54, 1.807) is 0 Å². The van der Waals surface area contributed by atoms with Crippen LogP contribution < -0.4 is 4.90 Å². The van der Waals surface area contributed by atoms with Crippen LogP contribution in [0.25, 0.3) is 0 Å². The van der Waals surface area contributed by atoms with Crippen molar-refractivity contribution >= 4 is 11.7 Å². The third-order valence-electron chi connectivity index (χ3n) is 2.57. The number of rotatable bonds is 3. The van der Waals surface area contributed by atoms with E-state index in [0.717, 1.165) is 6.54 Å². The molecule has 1 heterocycles. The lowest BCUT2D eigenvalue weighted by Crippen LogP contribution is -2.04. The smallest absolute Gasteiger partial charge is 0.338 e. The Morgan fingerprint density at radius 3 is 2.53 bits per heavy atom. The van der Waals surface area contributed by atoms with Gasteiger partial charge in [0.15, 0.2) is 0 Å². The SMILES string of the molecule is CCOC(=O)c1ccc(N2CC2C)cc1. The van der Waals surface area contributed by atoms with Gasteiger partial charge in [-0.2, -0.15) is 0 Å². The fourth-order valence-corrected chi connectivity index (χ4v) is 1.60. The van der Waals surface area contributed by atoms with Gasteiger partial charge in [0.25, 0.3) is 0 Å². The van der Waals surface area contributed by atoms with Crippen molar-refractivity contribution in [2.75, 3.05) is 18.1 Å². The van der Waals surface area contributed by atoms with Gasteiger partial charge in [-0.3, -0.25) is 0 Å². The van der Waals surface area contributed by atoms with Gasteiger partial charge in [0.05, 0.1) is 12.2 Å². The Labute approximate surface area is 89.7 Å². The number of benzene rings is 1. The lowest BCUT2D eigenvalue weighted by molar-refractivity contribution is 0.0526. The highest BCUT2D eigenvalue weighted by Gasteiger charge is 2.28. The summed E-state index contributed by atoms with van der Waals surface area (Å²) in [5.41, 5.74) is 1.80. The molecule has 0 amide bonds. The molecule has 0 aliphatic carbocycles. The molecule has 0 saturated carbocycles. The first-order valence-electron chi connectivity index (χ1n) is 5.26. The van der Waals surface area contributed by atoms with E-state index in [2.05, 4.69) is 11.8 Å². The summed E-state index contributed by atoms with van der Waals surface area (Å²) in [6, 6.07) is 8.21. The summed E-state index contributed by atoms with van der Waals surface area (Å²) in [5, 5.41) is 0. The molecule has 15 heavy (non-hydrogen) atoms. The molecular weight excluding hydrogens is 190 g/mol. The van der Waals surface area contributed by atoms with Crippen LogP contribution in [-0.2, 0) is 4.74 Å². The van der Waals surface area contributed by atoms with Crippen molar-refractivity contribution in [2.24, 2.45) is 0 Å². The van der Waals surface area contributed by atoms with Crippen LogP contribution in [0, 0.1) is 0 Å². The minimum atomic E-state index is -0.247. The zero-order chi connectivity index (χ0) is 10.8. The molecule has 2 rings (SSSR count). The minimum Gasteiger partial charge on any atom is -0.462 e. The zero-order valence-electron chi connectivity index (χ0n) is 9.06. The van der Waals surface area contributed by atoms with Gasteiger partial charge in [0, 0.05) is 18.3 Å². The minimum absolute atomic E-state index is 0.247. The van der Waals surface area contributed by atoms with Crippen LogP contribution in [-0.4, -0.2) is 25.2 Å². The standard InChI is InChI=1S/C12H15NO2/c1-3-15-12(14)10-4-6-11(7-5-10)13-8-9(13)2/h4-7,9H,3,8H2,1-2H3. The molecule has 0 radical (unpaired) electrons. The van der Waals surface area contributed by atoms with E-state index in [1.807, 2.05) is 31.2 Å². The summed E-state index contributed by atoms with van der Waals surface area (Å²) in [7, 11) is 0. The molecule has 1 aromatic carbocycles. The van der Waals surface area contributed by atoms with E-state index in [0.29, 0.717) is 18.2 Å². The number of nitrogens with zero attached hydrogens (tertiary/aromatic N) is 1. The molecule has 0 aromatic heterocycles. The molecule has 1 atom stereocenters. The molecule has 3 heteroatoms. The van der Waals surface area contributed by atoms with E-state index in [-0.39, 0.29) is 5.97 Å². The van der Waals surface area contributed by atoms with E-state index >= 15 is 0 Å². The number of ether oxygens (including phenoxy) is 1. The number of carbonyl (C=O) groups is 1. The number of hydrogen-bond donors (Lipinski definition) is 0. The summed E-state index contributed by atoms with van der Waals surface area (Å²) in [6.45, 7) is 5.52. The molecule has 0 N–H and O–H groups in total. The predicted molar refractivity (Wildman–Crippen MR) is 59.2 cm³/mol. The molecule has 1 saturated heterocycles. The molecule has 0 spiro atoms. The highest BCUT2D eigenvalue weighted by atomic mass is 16.5. The first-order valence-corrected chi connectivity index (χ1v) is 5.26. The summed E-state index contributed by atoms with van der Waals surface area (Å²) >= 11 is 0. The fourth-order valence-electron chi connectivity index (χ4n) is 1.60. The highest BCUT2D eigenvalue weighted by Crippen LogP contribution is 2.27. The maximum Gasteiger partial charge on any atom is 0.338 e. The van der Waals surface area contributed by atoms with Gasteiger partial charge >= 0.3 is 5.97 Å². The lowest BCUT2D eigenvalue weighted by atomic mass is 10.2. The Morgan fingerprint density at radius 1 is 1.47 bits per heavy atom. The van der Waals surface area contributed by atoms with Crippen LogP contribution in [0.2, 0.25) is 0 Å². The Hall–Kier alpha value is -1.51. The van der Waals surface area contributed by atoms with Crippen LogP contribution in [0.1, 0.15) is 24.2 Å². The van der Waals surface area contributed by atoms with Gasteiger partial charge in [0.1, 0.15) is 0 Å². The molecule has 1 aliphatic heterocycles. The summed E-state index contributed by atoms with van der Waals surface area (Å²) in [6.07, 6.45) is 0. The van der Waals surface area contributed by atoms with Crippen molar-refractivity contribution in [3.63, 3.8) is 0 Å². The highest BCUT2D eigenvalue weighted by molar-refractivity contribution is 5.89. The average Bonchev–Trinajstić information content (AvgIpc) is 2.96. The van der Waals surface area contributed by atoms with Crippen LogP contribution >= 0.6 is 0 Å². The third-order valence-corrected chi connectivity index (χ3v) is 2.57. The second-order valence-electron chi connectivity index (χ2n) is 3.77. The van der Waals surface area contributed by atoms with Gasteiger partial charge in [0.2, 0.25) is 0 Å². The first kappa shape index (κ1) is 10.0. The van der Waals surface area contributed by atoms with Gasteiger partial charge in [-0.25, -0.2) is 4.79 Å². The van der Waals surface area contributed by atoms with Gasteiger partial charge in [-0.1, -0.05) is 0 Å². The maximum atomic E-state index is 11.4. The van der Waals surface area contributed by atoms with E-state index in [9.17, 15) is 4.79 Å². The second kappa shape index (κ2) is 3.93. The van der Waals surface area contributed by atoms with E-state index in [4.69, 9.17) is 4.74 Å². The van der Waals surface area contributed by atoms with Gasteiger partial charge < -0.3 is 9.64 Å². The Kier molecular flexibility index (Phi) is 2.62. The first-order chi connectivity index (χ1) is 7.22. The largest absolute Gasteiger partial charge is 0.462 e. The quantitative estimate of drug-likeness (QED) is 0.559. The molecular formula is C12H15NO2. The Bertz CT molecular complexity index is 358. The number of esters is 1. The fraction of sp³-hybridized carbons (Fsp3) is 0.417. The molecule has 1 fully saturated rings. The molecule has 1 aromatic rings. The van der Waals surface area contributed by atoms with Crippen LogP contribution in [0.15, 0.2) is 24.3 Å². The van der Waals surface area contributed by atoms with E-state index in [1.165, 1.54) is 5.69 Å². The molecule has 1 aliphatic rings. The normalized spacial score (nSPS) is 18.8. The van der Waals surface area contributed by atoms with Crippen LogP contribution in [0.3, 0.4) is 0 Å². The van der Waals surface area contributed by atoms with Gasteiger partial charge in [-0.15, -0.1) is 0 Å². The maximum absolute atomic E-state index is 11.4. The topological polar surface area (TPSA) is 29.3 Å². The van der Waals surface area contributed by atoms with Crippen molar-refractivity contribution < 1.29 is 9.53 Å². The van der Waals surface area contributed by atoms with Crippen molar-refractivity contribution in [1.82, 2.24) is 0 Å². The predicted octanol–water partition coefficient (Wildman–Crippen LogP) is 2.07. The summed E-state index contributed by atoms with van der Waals surface area (Å²) < 4.78 is 4.91. The van der Waals surface area contributed by atoms with Crippen molar-refractivity contribution in [2.45, 2.75) is 19.9 Å². The van der Waals surface area contributed by atoms with Crippen LogP contribution in [0.5, 0.6) is 0 Å². The second-order valence-corrected chi connectivity index (χ2v) is 3.77. The summed E-state index contributed by atoms with van der Waals surface area (Å²) in [4.78, 5) is 13.6. The Morgan fingerprint density at radius 2 is 2.07 bits per heavy atom. The van der Waals surface area contributed by atoms with E-state index < -0.39 is 0 Å². The summed E-state index contributed by atoms with van der Waals surface area (Å²) in [5.74, 6) is -0.247. The van der Waals surface area contributed by atoms with Crippen LogP contribution in [0.4, 0.5) is 5.69 Å². The molecule has 0 bridgehead atoms. The van der Waals surface area contributed by atoms with Crippen molar-refractivity contribution in [3.8, 4) is 0 Å². The molecule has 3 nitrogen and oxygen atoms in total. The zero-order valence-corrected chi connectivity index (χ0v) is 9.06.